The molecule has 2 aromatic carbocycles. The minimum atomic E-state index is 0.155. The fourth-order valence-corrected chi connectivity index (χ4v) is 8.10. The second kappa shape index (κ2) is 11.6. The summed E-state index contributed by atoms with van der Waals surface area (Å²) in [5.74, 6) is 2.63. The van der Waals surface area contributed by atoms with E-state index in [1.54, 1.807) is 0 Å². The second-order valence-corrected chi connectivity index (χ2v) is 13.1. The molecule has 8 rings (SSSR count). The van der Waals surface area contributed by atoms with Crippen LogP contribution >= 0.6 is 0 Å². The van der Waals surface area contributed by atoms with E-state index in [1.165, 1.54) is 38.5 Å². The third kappa shape index (κ3) is 5.33. The molecule has 0 bridgehead atoms. The molecule has 4 aliphatic heterocycles. The molecule has 1 saturated carbocycles. The van der Waals surface area contributed by atoms with Crippen LogP contribution in [0, 0.1) is 0 Å². The van der Waals surface area contributed by atoms with Crippen LogP contribution in [-0.2, 0) is 0 Å². The third-order valence-corrected chi connectivity index (χ3v) is 10.5. The maximum Gasteiger partial charge on any atom is 0.254 e. The quantitative estimate of drug-likeness (QED) is 0.387. The summed E-state index contributed by atoms with van der Waals surface area (Å²) in [7, 11) is 0. The molecule has 0 spiro atoms. The molecule has 5 heterocycles. The van der Waals surface area contributed by atoms with Crippen molar-refractivity contribution in [2.75, 3.05) is 64.1 Å². The first-order valence-corrected chi connectivity index (χ1v) is 16.6. The van der Waals surface area contributed by atoms with Crippen LogP contribution in [0.3, 0.4) is 0 Å². The third-order valence-electron chi connectivity index (χ3n) is 10.5. The highest BCUT2D eigenvalue weighted by atomic mass is 16.7. The predicted octanol–water partition coefficient (Wildman–Crippen LogP) is 5.40. The Morgan fingerprint density at radius 3 is 2.37 bits per heavy atom. The van der Waals surface area contributed by atoms with Gasteiger partial charge in [-0.25, -0.2) is 4.98 Å². The SMILES string of the molecule is O=C(c1cc(N2CCN(C3CCCC3)CC2)nc2ccc(-c3ccc4c(c3)OCO4)cc12)N1CCC[C@H]1CN1CCCC1. The van der Waals surface area contributed by atoms with Gasteiger partial charge in [-0.15, -0.1) is 0 Å². The molecule has 43 heavy (non-hydrogen) atoms. The molecule has 1 aliphatic carbocycles. The minimum absolute atomic E-state index is 0.155. The van der Waals surface area contributed by atoms with Gasteiger partial charge in [0, 0.05) is 56.7 Å². The molecule has 8 heteroatoms. The number of amides is 1. The molecule has 0 radical (unpaired) electrons. The normalized spacial score (nSPS) is 23.2. The number of carbonyl (C=O) groups excluding carboxylic acids is 1. The Morgan fingerprint density at radius 1 is 0.767 bits per heavy atom. The van der Waals surface area contributed by atoms with E-state index in [9.17, 15) is 4.79 Å². The van der Waals surface area contributed by atoms with Gasteiger partial charge in [0.15, 0.2) is 11.5 Å². The van der Waals surface area contributed by atoms with Crippen LogP contribution in [0.2, 0.25) is 0 Å². The summed E-state index contributed by atoms with van der Waals surface area (Å²) in [4.78, 5) is 29.5. The topological polar surface area (TPSA) is 61.4 Å². The Labute approximate surface area is 254 Å². The van der Waals surface area contributed by atoms with E-state index in [0.29, 0.717) is 0 Å². The van der Waals surface area contributed by atoms with E-state index in [4.69, 9.17) is 14.5 Å². The number of fused-ring (bicyclic) bond motifs is 2. The van der Waals surface area contributed by atoms with Gasteiger partial charge in [-0.3, -0.25) is 9.69 Å². The summed E-state index contributed by atoms with van der Waals surface area (Å²) in [5.41, 5.74) is 3.77. The highest BCUT2D eigenvalue weighted by Crippen LogP contribution is 2.38. The lowest BCUT2D eigenvalue weighted by Crippen LogP contribution is -2.50. The molecule has 4 fully saturated rings. The fraction of sp³-hybridized carbons (Fsp3) is 0.543. The first-order chi connectivity index (χ1) is 21.2. The van der Waals surface area contributed by atoms with Gasteiger partial charge in [0.25, 0.3) is 5.91 Å². The summed E-state index contributed by atoms with van der Waals surface area (Å²) in [5, 5.41) is 0.931. The Bertz CT molecular complexity index is 1490. The van der Waals surface area contributed by atoms with Crippen molar-refractivity contribution in [1.29, 1.82) is 0 Å². The number of hydrogen-bond acceptors (Lipinski definition) is 7. The van der Waals surface area contributed by atoms with Crippen LogP contribution < -0.4 is 14.4 Å². The highest BCUT2D eigenvalue weighted by molar-refractivity contribution is 6.08. The molecule has 8 nitrogen and oxygen atoms in total. The van der Waals surface area contributed by atoms with E-state index >= 15 is 0 Å². The molecule has 226 valence electrons. The van der Waals surface area contributed by atoms with Gasteiger partial charge in [-0.05, 0) is 93.1 Å². The average Bonchev–Trinajstić information content (AvgIpc) is 3.88. The Hall–Kier alpha value is -3.36. The average molecular weight is 582 g/mol. The molecule has 1 atom stereocenters. The lowest BCUT2D eigenvalue weighted by molar-refractivity contribution is 0.0710. The van der Waals surface area contributed by atoms with E-state index in [-0.39, 0.29) is 18.7 Å². The zero-order valence-electron chi connectivity index (χ0n) is 25.2. The lowest BCUT2D eigenvalue weighted by Gasteiger charge is -2.38. The van der Waals surface area contributed by atoms with Crippen LogP contribution in [0.15, 0.2) is 42.5 Å². The molecule has 3 aromatic rings. The van der Waals surface area contributed by atoms with Crippen molar-refractivity contribution in [3.8, 4) is 22.6 Å². The number of rotatable bonds is 6. The number of benzene rings is 2. The smallest absolute Gasteiger partial charge is 0.254 e. The number of likely N-dealkylation sites (tertiary alicyclic amines) is 2. The van der Waals surface area contributed by atoms with E-state index < -0.39 is 0 Å². The summed E-state index contributed by atoms with van der Waals surface area (Å²) in [6.07, 6.45) is 10.1. The predicted molar refractivity (Wildman–Crippen MR) is 169 cm³/mol. The van der Waals surface area contributed by atoms with E-state index in [2.05, 4.69) is 49.9 Å². The van der Waals surface area contributed by atoms with Crippen molar-refractivity contribution in [3.05, 3.63) is 48.0 Å². The van der Waals surface area contributed by atoms with Crippen molar-refractivity contribution < 1.29 is 14.3 Å². The van der Waals surface area contributed by atoms with Gasteiger partial charge < -0.3 is 24.2 Å². The fourth-order valence-electron chi connectivity index (χ4n) is 8.10. The summed E-state index contributed by atoms with van der Waals surface area (Å²) < 4.78 is 11.2. The number of nitrogens with zero attached hydrogens (tertiary/aromatic N) is 5. The zero-order chi connectivity index (χ0) is 28.8. The van der Waals surface area contributed by atoms with Crippen LogP contribution in [0.1, 0.15) is 61.7 Å². The summed E-state index contributed by atoms with van der Waals surface area (Å²) in [6.45, 7) is 8.45. The van der Waals surface area contributed by atoms with Crippen molar-refractivity contribution in [2.45, 2.75) is 63.5 Å². The number of anilines is 1. The van der Waals surface area contributed by atoms with Gasteiger partial charge in [0.1, 0.15) is 5.82 Å². The van der Waals surface area contributed by atoms with Crippen molar-refractivity contribution in [1.82, 2.24) is 19.7 Å². The van der Waals surface area contributed by atoms with E-state index in [0.717, 1.165) is 116 Å². The van der Waals surface area contributed by atoms with Crippen molar-refractivity contribution >= 4 is 22.6 Å². The first kappa shape index (κ1) is 27.2. The molecular formula is C35H43N5O3. The van der Waals surface area contributed by atoms with Crippen LogP contribution in [0.5, 0.6) is 11.5 Å². The van der Waals surface area contributed by atoms with Crippen LogP contribution in [-0.4, -0.2) is 96.8 Å². The zero-order valence-corrected chi connectivity index (χ0v) is 25.2. The largest absolute Gasteiger partial charge is 0.454 e. The van der Waals surface area contributed by atoms with E-state index in [1.807, 2.05) is 12.1 Å². The Morgan fingerprint density at radius 2 is 1.53 bits per heavy atom. The molecule has 1 aromatic heterocycles. The number of piperazine rings is 1. The van der Waals surface area contributed by atoms with Gasteiger partial charge >= 0.3 is 0 Å². The van der Waals surface area contributed by atoms with Crippen LogP contribution in [0.4, 0.5) is 5.82 Å². The monoisotopic (exact) mass is 581 g/mol. The standard InChI is InChI=1S/C35H43N5O3/c41-35(40-15-5-8-28(40)23-37-13-3-4-14-37)30-22-34(39-18-16-38(17-19-39)27-6-1-2-7-27)36-31-11-9-25(20-29(30)31)26-10-12-32-33(21-26)43-24-42-32/h9-12,20-22,27-28H,1-8,13-19,23-24H2/t28-/m0/s1. The van der Waals surface area contributed by atoms with Gasteiger partial charge in [0.2, 0.25) is 6.79 Å². The minimum Gasteiger partial charge on any atom is -0.454 e. The lowest BCUT2D eigenvalue weighted by atomic mass is 9.99. The van der Waals surface area contributed by atoms with Gasteiger partial charge in [0.05, 0.1) is 11.1 Å². The number of hydrogen-bond donors (Lipinski definition) is 0. The van der Waals surface area contributed by atoms with Crippen LogP contribution in [0.25, 0.3) is 22.0 Å². The maximum atomic E-state index is 14.5. The molecule has 5 aliphatic rings. The number of ether oxygens (including phenoxy) is 2. The molecule has 3 saturated heterocycles. The first-order valence-electron chi connectivity index (χ1n) is 16.6. The second-order valence-electron chi connectivity index (χ2n) is 13.1. The Balaban J connectivity index is 1.13. The maximum absolute atomic E-state index is 14.5. The summed E-state index contributed by atoms with van der Waals surface area (Å²) in [6, 6.07) is 15.6. The van der Waals surface area contributed by atoms with Crippen molar-refractivity contribution in [2.24, 2.45) is 0 Å². The number of carbonyl (C=O) groups is 1. The number of pyridine rings is 1. The highest BCUT2D eigenvalue weighted by Gasteiger charge is 2.33. The molecule has 0 N–H and O–H groups in total. The molecule has 0 unspecified atom stereocenters. The molecule has 1 amide bonds. The number of aromatic nitrogens is 1. The van der Waals surface area contributed by atoms with Gasteiger partial charge in [-0.2, -0.15) is 0 Å². The summed E-state index contributed by atoms with van der Waals surface area (Å²) >= 11 is 0. The molecular weight excluding hydrogens is 538 g/mol. The van der Waals surface area contributed by atoms with Gasteiger partial charge in [-0.1, -0.05) is 25.0 Å². The Kier molecular flexibility index (Phi) is 7.35. The van der Waals surface area contributed by atoms with Crippen molar-refractivity contribution in [3.63, 3.8) is 0 Å².